The summed E-state index contributed by atoms with van der Waals surface area (Å²) in [6.45, 7) is 2.87. The van der Waals surface area contributed by atoms with Crippen LogP contribution in [-0.4, -0.2) is 73.2 Å². The number of carboxylic acids is 1. The number of carboxylic acid groups (broad SMARTS) is 1. The Morgan fingerprint density at radius 2 is 1.80 bits per heavy atom. The molecule has 14 nitrogen and oxygen atoms in total. The molecule has 1 amide bonds. The molecule has 0 bridgehead atoms. The van der Waals surface area contributed by atoms with Crippen molar-refractivity contribution in [2.24, 2.45) is 5.73 Å². The van der Waals surface area contributed by atoms with Gasteiger partial charge in [0.05, 0.1) is 0 Å². The highest BCUT2D eigenvalue weighted by Crippen LogP contribution is 2.28. The summed E-state index contributed by atoms with van der Waals surface area (Å²) in [5, 5.41) is 22.9. The predicted octanol–water partition coefficient (Wildman–Crippen LogP) is 1.70. The van der Waals surface area contributed by atoms with Crippen LogP contribution in [0.2, 0.25) is 0 Å². The van der Waals surface area contributed by atoms with Gasteiger partial charge in [0.25, 0.3) is 17.8 Å². The van der Waals surface area contributed by atoms with Crippen LogP contribution in [-0.2, 0) is 9.59 Å². The molecular weight excluding hydrogens is 530 g/mol. The summed E-state index contributed by atoms with van der Waals surface area (Å²) in [5.41, 5.74) is 7.98. The van der Waals surface area contributed by atoms with Crippen molar-refractivity contribution >= 4 is 23.4 Å². The maximum atomic E-state index is 12.8. The number of nitrogens with one attached hydrogen (secondary N) is 3. The summed E-state index contributed by atoms with van der Waals surface area (Å²) < 4.78 is 6.84. The summed E-state index contributed by atoms with van der Waals surface area (Å²) >= 11 is 0. The number of hydrogen-bond acceptors (Lipinski definition) is 9. The minimum Gasteiger partial charge on any atom is -0.484 e. The molecule has 4 rings (SSSR count). The molecule has 2 aromatic heterocycles. The third kappa shape index (κ3) is 8.48. The quantitative estimate of drug-likeness (QED) is 0.148. The van der Waals surface area contributed by atoms with Gasteiger partial charge in [-0.3, -0.25) is 20.0 Å². The molecule has 0 spiro atoms. The van der Waals surface area contributed by atoms with Crippen LogP contribution < -0.4 is 21.5 Å². The van der Waals surface area contributed by atoms with Gasteiger partial charge in [0, 0.05) is 44.7 Å². The molecule has 2 heterocycles. The number of amidine groups is 1. The van der Waals surface area contributed by atoms with Crippen LogP contribution in [0.25, 0.3) is 5.95 Å². The second kappa shape index (κ2) is 13.5. The summed E-state index contributed by atoms with van der Waals surface area (Å²) in [6.07, 6.45) is 3.04. The Labute approximate surface area is 235 Å². The molecule has 0 saturated heterocycles. The number of anilines is 1. The Kier molecular flexibility index (Phi) is 9.89. The van der Waals surface area contributed by atoms with Crippen LogP contribution in [0.15, 0.2) is 65.7 Å². The van der Waals surface area contributed by atoms with Gasteiger partial charge in [-0.05, 0) is 60.5 Å². The van der Waals surface area contributed by atoms with Crippen molar-refractivity contribution in [3.8, 4) is 11.7 Å². The van der Waals surface area contributed by atoms with Crippen molar-refractivity contribution in [1.82, 2.24) is 29.6 Å². The lowest BCUT2D eigenvalue weighted by atomic mass is 10.0. The first-order chi connectivity index (χ1) is 19.4. The maximum absolute atomic E-state index is 12.8. The fraction of sp³-hybridized carbons (Fsp3) is 0.222. The molecule has 1 unspecified atom stereocenters. The summed E-state index contributed by atoms with van der Waals surface area (Å²) in [5.74, 6) is -0.0999. The first kappa shape index (κ1) is 30.0. The van der Waals surface area contributed by atoms with Crippen LogP contribution in [0.3, 0.4) is 0 Å². The van der Waals surface area contributed by atoms with E-state index in [1.807, 2.05) is 19.1 Å². The van der Waals surface area contributed by atoms with E-state index in [1.165, 1.54) is 17.3 Å². The van der Waals surface area contributed by atoms with E-state index in [9.17, 15) is 9.59 Å². The van der Waals surface area contributed by atoms with Gasteiger partial charge in [0.15, 0.2) is 12.4 Å². The first-order valence-electron chi connectivity index (χ1n) is 12.3. The van der Waals surface area contributed by atoms with E-state index in [4.69, 9.17) is 25.8 Å². The van der Waals surface area contributed by atoms with E-state index < -0.39 is 17.7 Å². The number of nitrogens with zero attached hydrogens (tertiary/aromatic N) is 5. The average molecular weight is 562 g/mol. The van der Waals surface area contributed by atoms with Crippen molar-refractivity contribution in [3.05, 3.63) is 93.9 Å². The number of rotatable bonds is 9. The predicted molar refractivity (Wildman–Crippen MR) is 151 cm³/mol. The Bertz CT molecular complexity index is 1560. The SMILES string of the molecule is CC(=O)O.Cc1cc(OCC(=O)N(C)C)cc(C(Nc2ccc(C(=N)N)cc2)c2nn(-c3ncccn3)c(=O)[nH]2)c1. The summed E-state index contributed by atoms with van der Waals surface area (Å²) in [4.78, 5) is 46.3. The normalized spacial score (nSPS) is 11.0. The highest BCUT2D eigenvalue weighted by atomic mass is 16.5. The molecule has 0 aliphatic carbocycles. The molecule has 0 saturated carbocycles. The van der Waals surface area contributed by atoms with Crippen molar-refractivity contribution in [2.75, 3.05) is 26.0 Å². The van der Waals surface area contributed by atoms with Crippen molar-refractivity contribution < 1.29 is 19.4 Å². The molecular formula is C27H31N9O5. The Hall–Kier alpha value is -5.53. The van der Waals surface area contributed by atoms with Crippen LogP contribution >= 0.6 is 0 Å². The number of amides is 1. The van der Waals surface area contributed by atoms with Crippen LogP contribution in [0, 0.1) is 12.3 Å². The van der Waals surface area contributed by atoms with E-state index in [0.29, 0.717) is 22.8 Å². The highest BCUT2D eigenvalue weighted by molar-refractivity contribution is 5.95. The average Bonchev–Trinajstić information content (AvgIpc) is 3.31. The number of aliphatic carboxylic acids is 1. The number of aromatic amines is 1. The van der Waals surface area contributed by atoms with E-state index in [1.54, 1.807) is 50.5 Å². The van der Waals surface area contributed by atoms with E-state index in [2.05, 4.69) is 25.4 Å². The third-order valence-corrected chi connectivity index (χ3v) is 5.42. The van der Waals surface area contributed by atoms with Crippen LogP contribution in [0.5, 0.6) is 5.75 Å². The number of carbonyl (C=O) groups is 2. The molecule has 214 valence electrons. The monoisotopic (exact) mass is 561 g/mol. The highest BCUT2D eigenvalue weighted by Gasteiger charge is 2.22. The summed E-state index contributed by atoms with van der Waals surface area (Å²) in [6, 6.07) is 13.6. The zero-order valence-electron chi connectivity index (χ0n) is 23.0. The largest absolute Gasteiger partial charge is 0.484 e. The Balaban J connectivity index is 0.00000108. The molecule has 41 heavy (non-hydrogen) atoms. The van der Waals surface area contributed by atoms with Crippen LogP contribution in [0.4, 0.5) is 5.69 Å². The number of H-pyrrole nitrogens is 1. The molecule has 1 atom stereocenters. The minimum absolute atomic E-state index is 0.0400. The lowest BCUT2D eigenvalue weighted by Gasteiger charge is -2.20. The number of hydrogen-bond donors (Lipinski definition) is 5. The van der Waals surface area contributed by atoms with Gasteiger partial charge >= 0.3 is 5.69 Å². The third-order valence-electron chi connectivity index (χ3n) is 5.42. The van der Waals surface area contributed by atoms with Gasteiger partial charge in [-0.1, -0.05) is 6.07 Å². The number of nitrogens with two attached hydrogens (primary N) is 1. The van der Waals surface area contributed by atoms with Crippen molar-refractivity contribution in [3.63, 3.8) is 0 Å². The molecule has 0 fully saturated rings. The molecule has 0 radical (unpaired) electrons. The topological polar surface area (TPSA) is 205 Å². The number of benzene rings is 2. The van der Waals surface area contributed by atoms with E-state index in [0.717, 1.165) is 22.7 Å². The van der Waals surface area contributed by atoms with Gasteiger partial charge in [-0.2, -0.15) is 0 Å². The zero-order chi connectivity index (χ0) is 30.1. The number of likely N-dealkylation sites (N-methyl/N-ethyl adjacent to an activating group) is 1. The Morgan fingerprint density at radius 3 is 2.39 bits per heavy atom. The van der Waals surface area contributed by atoms with Crippen molar-refractivity contribution in [1.29, 1.82) is 5.41 Å². The number of ether oxygens (including phenoxy) is 1. The van der Waals surface area contributed by atoms with Gasteiger partial charge < -0.3 is 25.8 Å². The zero-order valence-corrected chi connectivity index (χ0v) is 23.0. The maximum Gasteiger partial charge on any atom is 0.350 e. The number of nitrogen functional groups attached to an aromatic ring is 1. The minimum atomic E-state index is -0.833. The smallest absolute Gasteiger partial charge is 0.350 e. The van der Waals surface area contributed by atoms with Gasteiger partial charge in [-0.15, -0.1) is 9.78 Å². The lowest BCUT2D eigenvalue weighted by Crippen LogP contribution is -2.27. The van der Waals surface area contributed by atoms with E-state index in [-0.39, 0.29) is 24.3 Å². The standard InChI is InChI=1S/C25H27N9O3.C2H4O2/c1-15-11-17(13-19(12-15)37-14-20(35)33(2)3)21(30-18-7-5-16(6-8-18)22(26)27)23-31-25(36)34(32-23)24-28-9-4-10-29-24;1-2(3)4/h4-13,21,30H,14H2,1-3H3,(H3,26,27)(H,31,32,36);1H3,(H,3,4). The lowest BCUT2D eigenvalue weighted by molar-refractivity contribution is -0.134. The molecule has 14 heteroatoms. The number of aryl methyl sites for hydroxylation is 1. The van der Waals surface area contributed by atoms with Gasteiger partial charge in [-0.25, -0.2) is 14.8 Å². The fourth-order valence-corrected chi connectivity index (χ4v) is 3.53. The Morgan fingerprint density at radius 1 is 1.17 bits per heavy atom. The van der Waals surface area contributed by atoms with Crippen LogP contribution in [0.1, 0.15) is 35.5 Å². The molecule has 0 aliphatic rings. The molecule has 6 N–H and O–H groups in total. The second-order valence-corrected chi connectivity index (χ2v) is 9.02. The summed E-state index contributed by atoms with van der Waals surface area (Å²) in [7, 11) is 3.32. The molecule has 0 aliphatic heterocycles. The van der Waals surface area contributed by atoms with E-state index >= 15 is 0 Å². The van der Waals surface area contributed by atoms with Crippen molar-refractivity contribution in [2.45, 2.75) is 19.9 Å². The fourth-order valence-electron chi connectivity index (χ4n) is 3.53. The number of aromatic nitrogens is 5. The van der Waals surface area contributed by atoms with Gasteiger partial charge in [0.1, 0.15) is 17.6 Å². The second-order valence-electron chi connectivity index (χ2n) is 9.02. The number of carbonyl (C=O) groups excluding carboxylic acids is 1. The molecule has 2 aromatic carbocycles. The van der Waals surface area contributed by atoms with Gasteiger partial charge in [0.2, 0.25) is 0 Å². The first-order valence-corrected chi connectivity index (χ1v) is 12.3. The molecule has 4 aromatic rings.